The molecule has 0 fully saturated rings. The summed E-state index contributed by atoms with van der Waals surface area (Å²) in [6, 6.07) is 3.87. The van der Waals surface area contributed by atoms with Crippen LogP contribution in [0.15, 0.2) is 22.9 Å². The first-order chi connectivity index (χ1) is 9.47. The zero-order valence-electron chi connectivity index (χ0n) is 12.3. The summed E-state index contributed by atoms with van der Waals surface area (Å²) in [6.45, 7) is 6.35. The molecule has 20 heavy (non-hydrogen) atoms. The molecule has 0 atom stereocenters. The monoisotopic (exact) mass is 276 g/mol. The van der Waals surface area contributed by atoms with Crippen LogP contribution in [0.25, 0.3) is 0 Å². The fraction of sp³-hybridized carbons (Fsp3) is 0.429. The Morgan fingerprint density at radius 2 is 2.10 bits per heavy atom. The molecule has 6 nitrogen and oxygen atoms in total. The number of nitrogens with zero attached hydrogens (tertiary/aromatic N) is 3. The minimum atomic E-state index is 0.0121. The van der Waals surface area contributed by atoms with Gasteiger partial charge in [0, 0.05) is 7.05 Å². The van der Waals surface area contributed by atoms with Crippen molar-refractivity contribution in [1.29, 1.82) is 0 Å². The van der Waals surface area contributed by atoms with Crippen LogP contribution in [-0.4, -0.2) is 23.1 Å². The van der Waals surface area contributed by atoms with E-state index in [0.29, 0.717) is 23.9 Å². The van der Waals surface area contributed by atoms with E-state index in [4.69, 9.17) is 14.9 Å². The summed E-state index contributed by atoms with van der Waals surface area (Å²) in [5, 5.41) is 0. The van der Waals surface area contributed by atoms with Crippen LogP contribution in [0.1, 0.15) is 25.4 Å². The van der Waals surface area contributed by atoms with Crippen LogP contribution in [0.4, 0.5) is 11.5 Å². The van der Waals surface area contributed by atoms with Crippen molar-refractivity contribution in [2.24, 2.45) is 0 Å². The van der Waals surface area contributed by atoms with Crippen molar-refractivity contribution < 1.29 is 9.15 Å². The molecule has 0 amide bonds. The highest BCUT2D eigenvalue weighted by Gasteiger charge is 2.15. The largest absolute Gasteiger partial charge is 0.473 e. The lowest BCUT2D eigenvalue weighted by Crippen LogP contribution is -2.20. The summed E-state index contributed by atoms with van der Waals surface area (Å²) in [5.41, 5.74) is 6.51. The zero-order chi connectivity index (χ0) is 14.7. The number of nitrogen functional groups attached to an aromatic ring is 1. The average Bonchev–Trinajstić information content (AvgIpc) is 2.76. The van der Waals surface area contributed by atoms with E-state index >= 15 is 0 Å². The van der Waals surface area contributed by atoms with Crippen molar-refractivity contribution >= 4 is 11.5 Å². The lowest BCUT2D eigenvalue weighted by atomic mass is 10.3. The minimum absolute atomic E-state index is 0.0121. The minimum Gasteiger partial charge on any atom is -0.473 e. The first-order valence-electron chi connectivity index (χ1n) is 6.51. The van der Waals surface area contributed by atoms with Gasteiger partial charge in [0.25, 0.3) is 0 Å². The summed E-state index contributed by atoms with van der Waals surface area (Å²) in [4.78, 5) is 10.2. The van der Waals surface area contributed by atoms with Crippen molar-refractivity contribution in [2.75, 3.05) is 17.7 Å². The van der Waals surface area contributed by atoms with Gasteiger partial charge in [0.15, 0.2) is 5.82 Å². The Kier molecular flexibility index (Phi) is 4.12. The van der Waals surface area contributed by atoms with Gasteiger partial charge < -0.3 is 19.8 Å². The van der Waals surface area contributed by atoms with E-state index in [9.17, 15) is 0 Å². The van der Waals surface area contributed by atoms with Gasteiger partial charge in [-0.05, 0) is 32.9 Å². The van der Waals surface area contributed by atoms with Gasteiger partial charge in [-0.3, -0.25) is 0 Å². The Morgan fingerprint density at radius 1 is 1.35 bits per heavy atom. The number of rotatable bonds is 5. The van der Waals surface area contributed by atoms with Gasteiger partial charge in [-0.1, -0.05) is 0 Å². The first-order valence-corrected chi connectivity index (χ1v) is 6.51. The highest BCUT2D eigenvalue weighted by molar-refractivity contribution is 5.67. The van der Waals surface area contributed by atoms with Crippen molar-refractivity contribution in [3.8, 4) is 5.88 Å². The molecule has 2 rings (SSSR count). The molecule has 6 heteroatoms. The van der Waals surface area contributed by atoms with Crippen LogP contribution in [0.2, 0.25) is 0 Å². The molecule has 2 N–H and O–H groups in total. The fourth-order valence-electron chi connectivity index (χ4n) is 1.87. The van der Waals surface area contributed by atoms with Crippen molar-refractivity contribution in [2.45, 2.75) is 33.4 Å². The number of aryl methyl sites for hydroxylation is 1. The third-order valence-corrected chi connectivity index (χ3v) is 2.72. The SMILES string of the molecule is Cc1ccc(CN(C)c2ncnc(OC(C)C)c2N)o1. The maximum Gasteiger partial charge on any atom is 0.242 e. The molecule has 2 aromatic heterocycles. The van der Waals surface area contributed by atoms with Crippen LogP contribution in [-0.2, 0) is 6.54 Å². The number of ether oxygens (including phenoxy) is 1. The van der Waals surface area contributed by atoms with E-state index < -0.39 is 0 Å². The summed E-state index contributed by atoms with van der Waals surface area (Å²) < 4.78 is 11.1. The first kappa shape index (κ1) is 14.2. The second kappa shape index (κ2) is 5.81. The zero-order valence-corrected chi connectivity index (χ0v) is 12.3. The number of aromatic nitrogens is 2. The molecule has 0 spiro atoms. The number of anilines is 2. The van der Waals surface area contributed by atoms with Gasteiger partial charge in [0.1, 0.15) is 23.5 Å². The van der Waals surface area contributed by atoms with Crippen LogP contribution in [0.5, 0.6) is 5.88 Å². The molecule has 0 aliphatic rings. The molecule has 0 bridgehead atoms. The van der Waals surface area contributed by atoms with E-state index in [1.807, 2.05) is 44.9 Å². The quantitative estimate of drug-likeness (QED) is 0.903. The standard InChI is InChI=1S/C14H20N4O2/c1-9(2)19-14-12(15)13(16-8-17-14)18(4)7-11-6-5-10(3)20-11/h5-6,8-9H,7,15H2,1-4H3. The second-order valence-corrected chi connectivity index (χ2v) is 4.95. The molecule has 0 aliphatic carbocycles. The Labute approximate surface area is 118 Å². The molecule has 108 valence electrons. The van der Waals surface area contributed by atoms with E-state index in [1.54, 1.807) is 0 Å². The Hall–Kier alpha value is -2.24. The van der Waals surface area contributed by atoms with Crippen molar-refractivity contribution in [1.82, 2.24) is 9.97 Å². The molecule has 0 aromatic carbocycles. The van der Waals surface area contributed by atoms with Crippen LogP contribution < -0.4 is 15.4 Å². The average molecular weight is 276 g/mol. The second-order valence-electron chi connectivity index (χ2n) is 4.95. The third kappa shape index (κ3) is 3.20. The van der Waals surface area contributed by atoms with E-state index in [-0.39, 0.29) is 6.10 Å². The molecular formula is C14H20N4O2. The Bertz CT molecular complexity index is 580. The summed E-state index contributed by atoms with van der Waals surface area (Å²) >= 11 is 0. The summed E-state index contributed by atoms with van der Waals surface area (Å²) in [6.07, 6.45) is 1.46. The van der Waals surface area contributed by atoms with E-state index in [2.05, 4.69) is 9.97 Å². The molecular weight excluding hydrogens is 256 g/mol. The van der Waals surface area contributed by atoms with Crippen molar-refractivity contribution in [3.05, 3.63) is 30.0 Å². The normalized spacial score (nSPS) is 10.8. The number of hydrogen-bond acceptors (Lipinski definition) is 6. The van der Waals surface area contributed by atoms with Crippen LogP contribution >= 0.6 is 0 Å². The Morgan fingerprint density at radius 3 is 2.70 bits per heavy atom. The topological polar surface area (TPSA) is 77.4 Å². The summed E-state index contributed by atoms with van der Waals surface area (Å²) in [5.74, 6) is 2.78. The lowest BCUT2D eigenvalue weighted by Gasteiger charge is -2.20. The highest BCUT2D eigenvalue weighted by atomic mass is 16.5. The molecule has 0 unspecified atom stereocenters. The van der Waals surface area contributed by atoms with Gasteiger partial charge in [0.2, 0.25) is 5.88 Å². The molecule has 0 saturated heterocycles. The maximum atomic E-state index is 6.07. The molecule has 0 aliphatic heterocycles. The number of furan rings is 1. The smallest absolute Gasteiger partial charge is 0.242 e. The van der Waals surface area contributed by atoms with Gasteiger partial charge in [-0.25, -0.2) is 4.98 Å². The summed E-state index contributed by atoms with van der Waals surface area (Å²) in [7, 11) is 1.90. The van der Waals surface area contributed by atoms with Crippen molar-refractivity contribution in [3.63, 3.8) is 0 Å². The Balaban J connectivity index is 2.19. The highest BCUT2D eigenvalue weighted by Crippen LogP contribution is 2.28. The lowest BCUT2D eigenvalue weighted by molar-refractivity contribution is 0.234. The molecule has 0 radical (unpaired) electrons. The van der Waals surface area contributed by atoms with Gasteiger partial charge in [-0.15, -0.1) is 0 Å². The van der Waals surface area contributed by atoms with E-state index in [0.717, 1.165) is 11.5 Å². The maximum absolute atomic E-state index is 6.07. The third-order valence-electron chi connectivity index (χ3n) is 2.72. The van der Waals surface area contributed by atoms with E-state index in [1.165, 1.54) is 6.33 Å². The molecule has 2 heterocycles. The molecule has 2 aromatic rings. The molecule has 0 saturated carbocycles. The van der Waals surface area contributed by atoms with Gasteiger partial charge in [0.05, 0.1) is 12.6 Å². The van der Waals surface area contributed by atoms with Gasteiger partial charge in [-0.2, -0.15) is 4.98 Å². The number of nitrogens with two attached hydrogens (primary N) is 1. The predicted octanol–water partition coefficient (Wildman–Crippen LogP) is 2.38. The van der Waals surface area contributed by atoms with Crippen LogP contribution in [0.3, 0.4) is 0 Å². The van der Waals surface area contributed by atoms with Gasteiger partial charge >= 0.3 is 0 Å². The van der Waals surface area contributed by atoms with Crippen LogP contribution in [0, 0.1) is 6.92 Å². The predicted molar refractivity (Wildman–Crippen MR) is 77.8 cm³/mol. The fourth-order valence-corrected chi connectivity index (χ4v) is 1.87. The number of hydrogen-bond donors (Lipinski definition) is 1.